The molecule has 0 radical (unpaired) electrons. The van der Waals surface area contributed by atoms with Crippen LogP contribution in [0.25, 0.3) is 16.6 Å². The maximum atomic E-state index is 13.5. The van der Waals surface area contributed by atoms with Crippen molar-refractivity contribution in [2.75, 3.05) is 18.5 Å². The molecule has 1 unspecified atom stereocenters. The van der Waals surface area contributed by atoms with Crippen LogP contribution < -0.4 is 5.32 Å². The molecular formula is C23H26F2N6O. The Bertz CT molecular complexity index is 1180. The van der Waals surface area contributed by atoms with Gasteiger partial charge in [0.15, 0.2) is 5.82 Å². The molecule has 2 aliphatic rings. The second kappa shape index (κ2) is 7.88. The van der Waals surface area contributed by atoms with Gasteiger partial charge in [0, 0.05) is 60.1 Å². The first kappa shape index (κ1) is 20.9. The normalized spacial score (nSPS) is 19.8. The number of pyridine rings is 1. The third kappa shape index (κ3) is 3.85. The van der Waals surface area contributed by atoms with Gasteiger partial charge in [0.25, 0.3) is 0 Å². The lowest BCUT2D eigenvalue weighted by molar-refractivity contribution is -0.112. The van der Waals surface area contributed by atoms with Crippen LogP contribution in [0.2, 0.25) is 0 Å². The Balaban J connectivity index is 1.38. The molecule has 1 aliphatic heterocycles. The van der Waals surface area contributed by atoms with Crippen molar-refractivity contribution in [2.24, 2.45) is 10.9 Å². The zero-order valence-corrected chi connectivity index (χ0v) is 18.3. The number of hydrogen-bond acceptors (Lipinski definition) is 6. The molecule has 1 saturated carbocycles. The van der Waals surface area contributed by atoms with Crippen LogP contribution in [-0.4, -0.2) is 50.5 Å². The summed E-state index contributed by atoms with van der Waals surface area (Å²) < 4.78 is 34.3. The highest BCUT2D eigenvalue weighted by molar-refractivity contribution is 5.97. The lowest BCUT2D eigenvalue weighted by atomic mass is 9.69. The second-order valence-electron chi connectivity index (χ2n) is 8.88. The molecule has 9 heteroatoms. The van der Waals surface area contributed by atoms with Crippen molar-refractivity contribution in [3.8, 4) is 11.1 Å². The summed E-state index contributed by atoms with van der Waals surface area (Å²) in [5.74, 6) is -1.57. The Hall–Kier alpha value is -2.94. The van der Waals surface area contributed by atoms with E-state index in [4.69, 9.17) is 4.74 Å². The van der Waals surface area contributed by atoms with Crippen molar-refractivity contribution < 1.29 is 13.5 Å². The number of hydrogen-bond donors (Lipinski definition) is 1. The number of nitrogens with zero attached hydrogens (tertiary/aromatic N) is 5. The summed E-state index contributed by atoms with van der Waals surface area (Å²) >= 11 is 0. The largest absolute Gasteiger partial charge is 0.377 e. The lowest BCUT2D eigenvalue weighted by Crippen LogP contribution is -2.40. The molecule has 32 heavy (non-hydrogen) atoms. The van der Waals surface area contributed by atoms with Crippen LogP contribution in [0, 0.1) is 5.92 Å². The third-order valence-electron chi connectivity index (χ3n) is 6.12. The summed E-state index contributed by atoms with van der Waals surface area (Å²) in [6.45, 7) is 7.09. The molecule has 0 bridgehead atoms. The van der Waals surface area contributed by atoms with Crippen LogP contribution >= 0.6 is 0 Å². The first-order chi connectivity index (χ1) is 15.3. The molecule has 5 rings (SSSR count). The SMILES string of the molecule is CC1=Nc2ncc(-c3ccn4nc(NCCOC(C)C)ncc34)cc2C1C1CC(F)(F)C1. The van der Waals surface area contributed by atoms with Crippen molar-refractivity contribution in [3.05, 3.63) is 36.3 Å². The van der Waals surface area contributed by atoms with E-state index in [1.165, 1.54) is 0 Å². The van der Waals surface area contributed by atoms with Gasteiger partial charge in [0.2, 0.25) is 11.9 Å². The zero-order valence-electron chi connectivity index (χ0n) is 18.3. The van der Waals surface area contributed by atoms with Gasteiger partial charge < -0.3 is 10.1 Å². The molecule has 3 aromatic heterocycles. The second-order valence-corrected chi connectivity index (χ2v) is 8.88. The van der Waals surface area contributed by atoms with Crippen molar-refractivity contribution >= 4 is 23.0 Å². The first-order valence-electron chi connectivity index (χ1n) is 10.9. The van der Waals surface area contributed by atoms with Crippen LogP contribution in [0.1, 0.15) is 45.1 Å². The predicted molar refractivity (Wildman–Crippen MR) is 119 cm³/mol. The number of rotatable bonds is 7. The summed E-state index contributed by atoms with van der Waals surface area (Å²) in [6, 6.07) is 4.00. The summed E-state index contributed by atoms with van der Waals surface area (Å²) in [7, 11) is 0. The van der Waals surface area contributed by atoms with E-state index in [1.54, 1.807) is 16.9 Å². The number of alkyl halides is 2. The molecule has 1 fully saturated rings. The van der Waals surface area contributed by atoms with Gasteiger partial charge >= 0.3 is 0 Å². The number of anilines is 1. The van der Waals surface area contributed by atoms with Crippen LogP contribution in [0.15, 0.2) is 35.7 Å². The summed E-state index contributed by atoms with van der Waals surface area (Å²) in [4.78, 5) is 13.5. The van der Waals surface area contributed by atoms with E-state index < -0.39 is 5.92 Å². The topological polar surface area (TPSA) is 76.7 Å². The van der Waals surface area contributed by atoms with Gasteiger partial charge in [-0.15, -0.1) is 5.10 Å². The first-order valence-corrected chi connectivity index (χ1v) is 10.9. The van der Waals surface area contributed by atoms with Crippen LogP contribution in [0.4, 0.5) is 20.5 Å². The van der Waals surface area contributed by atoms with Crippen molar-refractivity contribution in [2.45, 2.75) is 51.6 Å². The van der Waals surface area contributed by atoms with E-state index in [2.05, 4.69) is 25.4 Å². The smallest absolute Gasteiger partial charge is 0.248 e. The van der Waals surface area contributed by atoms with E-state index in [0.29, 0.717) is 24.9 Å². The summed E-state index contributed by atoms with van der Waals surface area (Å²) in [5, 5.41) is 7.68. The van der Waals surface area contributed by atoms with Gasteiger partial charge in [-0.1, -0.05) is 0 Å². The third-order valence-corrected chi connectivity index (χ3v) is 6.12. The van der Waals surface area contributed by atoms with Gasteiger partial charge in [0.05, 0.1) is 24.4 Å². The molecule has 7 nitrogen and oxygen atoms in total. The standard InChI is InChI=1S/C23H26F2N6O/c1-13(2)32-7-5-26-22-28-12-19-17(4-6-31(19)30-22)15-8-18-20(16-9-23(24,25)10-16)14(3)29-21(18)27-11-15/h4,6,8,11-13,16,20H,5,7,9-10H2,1-3H3,(H,26,30). The average Bonchev–Trinajstić information content (AvgIpc) is 3.28. The zero-order chi connectivity index (χ0) is 22.5. The van der Waals surface area contributed by atoms with Crippen molar-refractivity contribution in [1.82, 2.24) is 19.6 Å². The fourth-order valence-corrected chi connectivity index (χ4v) is 4.63. The number of nitrogens with one attached hydrogen (secondary N) is 1. The molecule has 1 aliphatic carbocycles. The van der Waals surface area contributed by atoms with Gasteiger partial charge in [-0.2, -0.15) is 0 Å². The Labute approximate surface area is 184 Å². The molecule has 0 amide bonds. The van der Waals surface area contributed by atoms with E-state index in [-0.39, 0.29) is 30.8 Å². The lowest BCUT2D eigenvalue weighted by Gasteiger charge is -2.39. The number of ether oxygens (including phenoxy) is 1. The van der Waals surface area contributed by atoms with E-state index in [9.17, 15) is 8.78 Å². The van der Waals surface area contributed by atoms with E-state index in [0.717, 1.165) is 27.9 Å². The molecule has 1 N–H and O–H groups in total. The molecule has 4 heterocycles. The molecule has 3 aromatic rings. The monoisotopic (exact) mass is 440 g/mol. The molecule has 168 valence electrons. The molecule has 0 aromatic carbocycles. The number of fused-ring (bicyclic) bond motifs is 2. The molecule has 1 atom stereocenters. The summed E-state index contributed by atoms with van der Waals surface area (Å²) in [5.41, 5.74) is 4.49. The Morgan fingerprint density at radius 2 is 2.06 bits per heavy atom. The highest BCUT2D eigenvalue weighted by Gasteiger charge is 2.50. The minimum absolute atomic E-state index is 0.0881. The predicted octanol–water partition coefficient (Wildman–Crippen LogP) is 4.86. The van der Waals surface area contributed by atoms with Crippen molar-refractivity contribution in [3.63, 3.8) is 0 Å². The minimum atomic E-state index is -2.55. The summed E-state index contributed by atoms with van der Waals surface area (Å²) in [6.07, 6.45) is 5.43. The molecule has 0 saturated heterocycles. The van der Waals surface area contributed by atoms with Gasteiger partial charge in [-0.3, -0.25) is 0 Å². The Morgan fingerprint density at radius 1 is 1.25 bits per heavy atom. The molecule has 0 spiro atoms. The van der Waals surface area contributed by atoms with Crippen molar-refractivity contribution in [1.29, 1.82) is 0 Å². The van der Waals surface area contributed by atoms with Gasteiger partial charge in [-0.25, -0.2) is 28.3 Å². The maximum Gasteiger partial charge on any atom is 0.248 e. The minimum Gasteiger partial charge on any atom is -0.377 e. The van der Waals surface area contributed by atoms with Crippen LogP contribution in [0.3, 0.4) is 0 Å². The molecular weight excluding hydrogens is 414 g/mol. The average molecular weight is 440 g/mol. The number of aromatic nitrogens is 4. The fraction of sp³-hybridized carbons (Fsp3) is 0.478. The van der Waals surface area contributed by atoms with Gasteiger partial charge in [-0.05, 0) is 38.8 Å². The van der Waals surface area contributed by atoms with Gasteiger partial charge in [0.1, 0.15) is 0 Å². The highest BCUT2D eigenvalue weighted by Crippen LogP contribution is 2.53. The highest BCUT2D eigenvalue weighted by atomic mass is 19.3. The van der Waals surface area contributed by atoms with E-state index >= 15 is 0 Å². The fourth-order valence-electron chi connectivity index (χ4n) is 4.63. The van der Waals surface area contributed by atoms with Crippen LogP contribution in [0.5, 0.6) is 0 Å². The maximum absolute atomic E-state index is 13.5. The number of aliphatic imine (C=N–C) groups is 1. The quantitative estimate of drug-likeness (QED) is 0.531. The Kier molecular flexibility index (Phi) is 5.16. The van der Waals surface area contributed by atoms with Crippen LogP contribution in [-0.2, 0) is 4.74 Å². The van der Waals surface area contributed by atoms with E-state index in [1.807, 2.05) is 39.1 Å². The Morgan fingerprint density at radius 3 is 2.81 bits per heavy atom. The number of halogens is 2.